The molecule has 1 N–H and O–H groups in total. The highest BCUT2D eigenvalue weighted by molar-refractivity contribution is 5.89. The molecule has 9 nitrogen and oxygen atoms in total. The van der Waals surface area contributed by atoms with E-state index < -0.39 is 18.0 Å². The third kappa shape index (κ3) is 2.71. The summed E-state index contributed by atoms with van der Waals surface area (Å²) in [7, 11) is 0. The summed E-state index contributed by atoms with van der Waals surface area (Å²) in [5.41, 5.74) is 0.415. The Hall–Kier alpha value is -2.84. The van der Waals surface area contributed by atoms with Gasteiger partial charge in [-0.25, -0.2) is 14.6 Å². The summed E-state index contributed by atoms with van der Waals surface area (Å²) < 4.78 is 9.79. The number of ether oxygens (including phenoxy) is 1. The van der Waals surface area contributed by atoms with Gasteiger partial charge in [-0.05, 0) is 18.6 Å². The minimum absolute atomic E-state index is 0.337. The molecular formula is C12H13N3O6. The second kappa shape index (κ2) is 5.27. The van der Waals surface area contributed by atoms with Crippen molar-refractivity contribution in [1.82, 2.24) is 9.98 Å². The number of carbonyl (C=O) groups is 2. The number of carboxylic acid groups (broad SMARTS) is 1. The van der Waals surface area contributed by atoms with E-state index in [9.17, 15) is 9.59 Å². The highest BCUT2D eigenvalue weighted by Crippen LogP contribution is 2.17. The topological polar surface area (TPSA) is 99.1 Å². The van der Waals surface area contributed by atoms with Crippen LogP contribution in [0, 0.1) is 0 Å². The van der Waals surface area contributed by atoms with Crippen LogP contribution in [0.1, 0.15) is 16.8 Å². The molecule has 1 saturated heterocycles. The summed E-state index contributed by atoms with van der Waals surface area (Å²) in [6.45, 7) is 0.219. The molecule has 0 saturated carbocycles. The average molecular weight is 295 g/mol. The number of aromatic nitrogens is 2. The number of esters is 1. The number of nitrogens with zero attached hydrogens (tertiary/aromatic N) is 3. The van der Waals surface area contributed by atoms with Gasteiger partial charge in [0.1, 0.15) is 11.1 Å². The highest BCUT2D eigenvalue weighted by atomic mass is 17.0. The van der Waals surface area contributed by atoms with Crippen LogP contribution < -0.4 is 9.85 Å². The Labute approximate surface area is 118 Å². The van der Waals surface area contributed by atoms with E-state index in [-0.39, 0.29) is 6.79 Å². The predicted molar refractivity (Wildman–Crippen MR) is 67.1 cm³/mol. The number of hydrogen-bond donors (Lipinski definition) is 1. The maximum Gasteiger partial charge on any atom is 0.341 e. The molecular weight excluding hydrogens is 282 g/mol. The third-order valence-corrected chi connectivity index (χ3v) is 3.12. The van der Waals surface area contributed by atoms with Gasteiger partial charge >= 0.3 is 11.9 Å². The molecule has 3 rings (SSSR count). The lowest BCUT2D eigenvalue weighted by Crippen LogP contribution is -2.57. The number of hydrogen-bond acceptors (Lipinski definition) is 6. The average Bonchev–Trinajstić information content (AvgIpc) is 3.16. The van der Waals surface area contributed by atoms with Crippen molar-refractivity contribution in [2.45, 2.75) is 12.5 Å². The standard InChI is InChI=1S/C12H13N3O6/c16-11(17)10-6-7-13(10)14-15(21-14)20-8-19-12(18)9-4-2-1-3-5-9/h1-5,10H,6-8H2,(H,16,17). The lowest BCUT2D eigenvalue weighted by molar-refractivity contribution is -0.141. The zero-order valence-electron chi connectivity index (χ0n) is 10.9. The van der Waals surface area contributed by atoms with E-state index in [1.807, 2.05) is 0 Å². The van der Waals surface area contributed by atoms with Gasteiger partial charge in [-0.1, -0.05) is 18.2 Å². The predicted octanol–water partition coefficient (Wildman–Crippen LogP) is -0.0794. The second-order valence-corrected chi connectivity index (χ2v) is 4.42. The minimum Gasteiger partial charge on any atom is -0.480 e. The van der Waals surface area contributed by atoms with Gasteiger partial charge < -0.3 is 14.7 Å². The largest absolute Gasteiger partial charge is 0.480 e. The van der Waals surface area contributed by atoms with Crippen LogP contribution in [0.15, 0.2) is 35.0 Å². The van der Waals surface area contributed by atoms with Crippen LogP contribution in [0.2, 0.25) is 0 Å². The van der Waals surface area contributed by atoms with Crippen LogP contribution >= 0.6 is 0 Å². The van der Waals surface area contributed by atoms with Crippen LogP contribution in [-0.4, -0.2) is 46.4 Å². The number of benzene rings is 1. The fraction of sp³-hybridized carbons (Fsp3) is 0.333. The van der Waals surface area contributed by atoms with E-state index in [2.05, 4.69) is 0 Å². The van der Waals surface area contributed by atoms with Gasteiger partial charge in [-0.2, -0.15) is 4.63 Å². The lowest BCUT2D eigenvalue weighted by Gasteiger charge is -2.33. The molecule has 112 valence electrons. The van der Waals surface area contributed by atoms with Crippen molar-refractivity contribution in [2.75, 3.05) is 18.3 Å². The van der Waals surface area contributed by atoms with Gasteiger partial charge in [0.25, 0.3) is 6.79 Å². The number of carboxylic acids is 1. The fourth-order valence-electron chi connectivity index (χ4n) is 1.87. The lowest BCUT2D eigenvalue weighted by atomic mass is 10.1. The zero-order chi connectivity index (χ0) is 14.8. The Morgan fingerprint density at radius 1 is 1.33 bits per heavy atom. The quantitative estimate of drug-likeness (QED) is 0.587. The molecule has 1 fully saturated rings. The van der Waals surface area contributed by atoms with Gasteiger partial charge in [-0.3, -0.25) is 0 Å². The van der Waals surface area contributed by atoms with Gasteiger partial charge in [0.15, 0.2) is 0 Å². The van der Waals surface area contributed by atoms with Crippen LogP contribution in [-0.2, 0) is 9.53 Å². The minimum atomic E-state index is -0.924. The monoisotopic (exact) mass is 295 g/mol. The van der Waals surface area contributed by atoms with E-state index in [1.165, 1.54) is 9.97 Å². The Bertz CT molecular complexity index is 628. The fourth-order valence-corrected chi connectivity index (χ4v) is 1.87. The first-order valence-electron chi connectivity index (χ1n) is 6.29. The van der Waals surface area contributed by atoms with Crippen LogP contribution in [0.5, 0.6) is 0 Å². The van der Waals surface area contributed by atoms with Crippen LogP contribution in [0.25, 0.3) is 0 Å². The summed E-state index contributed by atoms with van der Waals surface area (Å²) in [4.78, 5) is 28.6. The van der Waals surface area contributed by atoms with Crippen molar-refractivity contribution in [3.63, 3.8) is 0 Å². The van der Waals surface area contributed by atoms with Gasteiger partial charge in [0.2, 0.25) is 0 Å². The SMILES string of the molecule is O=C(OCOn1on1N1CCC1C(=O)O)c1ccccc1. The van der Waals surface area contributed by atoms with Crippen LogP contribution in [0.4, 0.5) is 0 Å². The van der Waals surface area contributed by atoms with E-state index in [0.29, 0.717) is 18.5 Å². The van der Waals surface area contributed by atoms with Crippen LogP contribution in [0.3, 0.4) is 0 Å². The Morgan fingerprint density at radius 3 is 2.71 bits per heavy atom. The first kappa shape index (κ1) is 13.2. The van der Waals surface area contributed by atoms with Crippen molar-refractivity contribution in [3.8, 4) is 0 Å². The molecule has 2 aromatic rings. The number of aliphatic carboxylic acids is 1. The summed E-state index contributed by atoms with van der Waals surface area (Å²) in [6.07, 6.45) is 0.548. The van der Waals surface area contributed by atoms with Crippen molar-refractivity contribution in [3.05, 3.63) is 35.9 Å². The first-order valence-corrected chi connectivity index (χ1v) is 6.29. The maximum atomic E-state index is 11.6. The summed E-state index contributed by atoms with van der Waals surface area (Å²) in [6, 6.07) is 7.87. The van der Waals surface area contributed by atoms with Gasteiger partial charge in [0, 0.05) is 6.54 Å². The molecule has 1 aliphatic rings. The number of carbonyl (C=O) groups excluding carboxylic acids is 1. The number of rotatable bonds is 6. The molecule has 9 heteroatoms. The normalized spacial score (nSPS) is 17.3. The molecule has 0 aliphatic carbocycles. The molecule has 1 aliphatic heterocycles. The smallest absolute Gasteiger partial charge is 0.341 e. The molecule has 1 aromatic heterocycles. The molecule has 1 unspecified atom stereocenters. The summed E-state index contributed by atoms with van der Waals surface area (Å²) in [5.74, 6) is -1.44. The molecule has 1 aromatic carbocycles. The second-order valence-electron chi connectivity index (χ2n) is 4.42. The molecule has 0 spiro atoms. The molecule has 0 radical (unpaired) electrons. The molecule has 1 atom stereocenters. The zero-order valence-corrected chi connectivity index (χ0v) is 10.9. The van der Waals surface area contributed by atoms with Gasteiger partial charge in [0.05, 0.1) is 10.5 Å². The summed E-state index contributed by atoms with van der Waals surface area (Å²) >= 11 is 0. The van der Waals surface area contributed by atoms with Crippen molar-refractivity contribution >= 4 is 11.9 Å². The molecule has 2 heterocycles. The Morgan fingerprint density at radius 2 is 2.10 bits per heavy atom. The molecule has 0 bridgehead atoms. The van der Waals surface area contributed by atoms with Gasteiger partial charge in [-0.15, -0.1) is 0 Å². The third-order valence-electron chi connectivity index (χ3n) is 3.12. The first-order chi connectivity index (χ1) is 10.2. The van der Waals surface area contributed by atoms with E-state index >= 15 is 0 Å². The Balaban J connectivity index is 1.44. The maximum absolute atomic E-state index is 11.6. The Kier molecular flexibility index (Phi) is 3.30. The van der Waals surface area contributed by atoms with Crippen molar-refractivity contribution < 1.29 is 28.9 Å². The van der Waals surface area contributed by atoms with E-state index in [4.69, 9.17) is 19.3 Å². The molecule has 0 amide bonds. The van der Waals surface area contributed by atoms with Crippen molar-refractivity contribution in [1.29, 1.82) is 0 Å². The summed E-state index contributed by atoms with van der Waals surface area (Å²) in [5, 5.41) is 11.3. The molecule has 21 heavy (non-hydrogen) atoms. The van der Waals surface area contributed by atoms with E-state index in [1.54, 1.807) is 30.3 Å². The highest BCUT2D eigenvalue weighted by Gasteiger charge is 2.40. The van der Waals surface area contributed by atoms with Crippen molar-refractivity contribution in [2.24, 2.45) is 0 Å². The van der Waals surface area contributed by atoms with E-state index in [0.717, 1.165) is 5.02 Å².